The first kappa shape index (κ1) is 11.2. The summed E-state index contributed by atoms with van der Waals surface area (Å²) < 4.78 is 1.32. The number of aliphatic hydroxyl groups excluding tert-OH is 1. The Morgan fingerprint density at radius 3 is 2.76 bits per heavy atom. The van der Waals surface area contributed by atoms with Gasteiger partial charge in [0, 0.05) is 27.0 Å². The predicted molar refractivity (Wildman–Crippen MR) is 72.4 cm³/mol. The molecule has 3 heteroatoms. The van der Waals surface area contributed by atoms with Gasteiger partial charge in [0.1, 0.15) is 0 Å². The molecule has 1 aromatic heterocycles. The molecule has 1 aromatic carbocycles. The summed E-state index contributed by atoms with van der Waals surface area (Å²) in [6.45, 7) is 2.98. The van der Waals surface area contributed by atoms with E-state index < -0.39 is 0 Å². The monoisotopic (exact) mass is 247 g/mol. The normalized spacial score (nSPS) is 31.9. The summed E-state index contributed by atoms with van der Waals surface area (Å²) in [5.74, 6) is 0. The minimum Gasteiger partial charge on any atom is -0.396 e. The van der Waals surface area contributed by atoms with Crippen LogP contribution in [0.4, 0.5) is 0 Å². The number of fused-ring (bicyclic) bond motifs is 1. The Bertz CT molecular complexity index is 525. The molecule has 1 aliphatic rings. The summed E-state index contributed by atoms with van der Waals surface area (Å²) in [5.41, 5.74) is 5.81. The largest absolute Gasteiger partial charge is 0.396 e. The Balaban J connectivity index is 2.06. The number of aliphatic hydroxyl groups is 1. The third-order valence-corrected chi connectivity index (χ3v) is 5.78. The van der Waals surface area contributed by atoms with Crippen molar-refractivity contribution in [2.45, 2.75) is 18.8 Å². The predicted octanol–water partition coefficient (Wildman–Crippen LogP) is 2.50. The molecule has 3 N–H and O–H groups in total. The van der Waals surface area contributed by atoms with E-state index in [0.29, 0.717) is 6.54 Å². The zero-order valence-corrected chi connectivity index (χ0v) is 10.8. The molecule has 0 radical (unpaired) electrons. The van der Waals surface area contributed by atoms with Crippen molar-refractivity contribution in [3.05, 3.63) is 35.2 Å². The van der Waals surface area contributed by atoms with Crippen molar-refractivity contribution in [3.8, 4) is 0 Å². The molecule has 2 atom stereocenters. The third-order valence-electron chi connectivity index (χ3n) is 4.40. The number of hydrogen-bond donors (Lipinski definition) is 2. The molecule has 1 fully saturated rings. The fourth-order valence-electron chi connectivity index (χ4n) is 2.83. The molecule has 2 nitrogen and oxygen atoms in total. The van der Waals surface area contributed by atoms with Crippen LogP contribution in [0, 0.1) is 5.41 Å². The van der Waals surface area contributed by atoms with Gasteiger partial charge in [0.15, 0.2) is 0 Å². The lowest BCUT2D eigenvalue weighted by Crippen LogP contribution is -2.27. The van der Waals surface area contributed by atoms with Gasteiger partial charge >= 0.3 is 0 Å². The smallest absolute Gasteiger partial charge is 0.0508 e. The van der Waals surface area contributed by atoms with Crippen LogP contribution in [0.15, 0.2) is 30.3 Å². The molecule has 0 amide bonds. The highest BCUT2D eigenvalue weighted by Gasteiger charge is 2.64. The molecule has 90 valence electrons. The first-order valence-corrected chi connectivity index (χ1v) is 6.77. The number of hydrogen-bond acceptors (Lipinski definition) is 3. The first-order valence-electron chi connectivity index (χ1n) is 5.95. The van der Waals surface area contributed by atoms with E-state index in [1.165, 1.54) is 15.0 Å². The van der Waals surface area contributed by atoms with E-state index in [9.17, 15) is 5.11 Å². The molecule has 1 saturated carbocycles. The Hall–Kier alpha value is -0.900. The summed E-state index contributed by atoms with van der Waals surface area (Å²) in [7, 11) is 0. The summed E-state index contributed by atoms with van der Waals surface area (Å²) >= 11 is 1.83. The van der Waals surface area contributed by atoms with Gasteiger partial charge in [0.25, 0.3) is 0 Å². The molecule has 0 saturated heterocycles. The minimum absolute atomic E-state index is 0.0696. The van der Waals surface area contributed by atoms with Crippen LogP contribution in [0.2, 0.25) is 0 Å². The zero-order valence-electron chi connectivity index (χ0n) is 9.94. The molecule has 1 heterocycles. The highest BCUT2D eigenvalue weighted by molar-refractivity contribution is 7.19. The van der Waals surface area contributed by atoms with Crippen molar-refractivity contribution in [1.29, 1.82) is 0 Å². The molecular formula is C14H17NOS. The molecule has 17 heavy (non-hydrogen) atoms. The second kappa shape index (κ2) is 3.55. The van der Waals surface area contributed by atoms with Gasteiger partial charge in [-0.05, 0) is 23.9 Å². The molecule has 3 rings (SSSR count). The molecule has 0 bridgehead atoms. The lowest BCUT2D eigenvalue weighted by Gasteiger charge is -2.17. The summed E-state index contributed by atoms with van der Waals surface area (Å²) in [4.78, 5) is 1.36. The van der Waals surface area contributed by atoms with Crippen LogP contribution in [0.1, 0.15) is 18.2 Å². The number of nitrogens with two attached hydrogens (primary N) is 1. The summed E-state index contributed by atoms with van der Waals surface area (Å²) in [6.07, 6.45) is 1.000. The zero-order chi connectivity index (χ0) is 12.1. The van der Waals surface area contributed by atoms with E-state index in [1.807, 2.05) is 11.3 Å². The van der Waals surface area contributed by atoms with Crippen LogP contribution in [-0.4, -0.2) is 18.3 Å². The highest BCUT2D eigenvalue weighted by atomic mass is 32.1. The standard InChI is InChI=1S/C14H17NOS/c1-13(7-14(13,8-15)9-16)12-6-10-4-2-3-5-11(10)17-12/h2-6,16H,7-9,15H2,1H3. The SMILES string of the molecule is CC1(c2cc3ccccc3s2)CC1(CN)CO. The lowest BCUT2D eigenvalue weighted by molar-refractivity contribution is 0.199. The van der Waals surface area contributed by atoms with Gasteiger partial charge in [-0.25, -0.2) is 0 Å². The summed E-state index contributed by atoms with van der Waals surface area (Å²) in [6, 6.07) is 10.7. The van der Waals surface area contributed by atoms with Gasteiger partial charge in [-0.1, -0.05) is 25.1 Å². The lowest BCUT2D eigenvalue weighted by atomic mass is 9.93. The van der Waals surface area contributed by atoms with Crippen molar-refractivity contribution in [3.63, 3.8) is 0 Å². The Kier molecular flexibility index (Phi) is 2.34. The van der Waals surface area contributed by atoms with Crippen LogP contribution >= 0.6 is 11.3 Å². The number of thiophene rings is 1. The van der Waals surface area contributed by atoms with E-state index in [4.69, 9.17) is 5.73 Å². The Morgan fingerprint density at radius 2 is 2.18 bits per heavy atom. The van der Waals surface area contributed by atoms with Crippen molar-refractivity contribution in [2.75, 3.05) is 13.2 Å². The molecular weight excluding hydrogens is 230 g/mol. The quantitative estimate of drug-likeness (QED) is 0.875. The topological polar surface area (TPSA) is 46.2 Å². The van der Waals surface area contributed by atoms with E-state index in [-0.39, 0.29) is 17.4 Å². The van der Waals surface area contributed by atoms with Gasteiger partial charge in [-0.3, -0.25) is 0 Å². The van der Waals surface area contributed by atoms with Crippen LogP contribution in [0.25, 0.3) is 10.1 Å². The molecule has 0 spiro atoms. The number of benzene rings is 1. The maximum absolute atomic E-state index is 9.55. The second-order valence-corrected chi connectivity index (χ2v) is 6.38. The van der Waals surface area contributed by atoms with Crippen LogP contribution in [-0.2, 0) is 5.41 Å². The minimum atomic E-state index is -0.0894. The van der Waals surface area contributed by atoms with E-state index in [2.05, 4.69) is 37.3 Å². The highest BCUT2D eigenvalue weighted by Crippen LogP contribution is 2.65. The fourth-order valence-corrected chi connectivity index (χ4v) is 4.16. The Labute approximate surface area is 105 Å². The maximum atomic E-state index is 9.55. The van der Waals surface area contributed by atoms with E-state index >= 15 is 0 Å². The average Bonchev–Trinajstić information content (AvgIpc) is 2.77. The third kappa shape index (κ3) is 1.39. The van der Waals surface area contributed by atoms with Crippen molar-refractivity contribution in [1.82, 2.24) is 0 Å². The molecule has 1 aliphatic carbocycles. The van der Waals surface area contributed by atoms with Crippen LogP contribution in [0.5, 0.6) is 0 Å². The fraction of sp³-hybridized carbons (Fsp3) is 0.429. The van der Waals surface area contributed by atoms with Crippen molar-refractivity contribution in [2.24, 2.45) is 11.1 Å². The van der Waals surface area contributed by atoms with Gasteiger partial charge in [-0.15, -0.1) is 11.3 Å². The van der Waals surface area contributed by atoms with Gasteiger partial charge in [0.2, 0.25) is 0 Å². The first-order chi connectivity index (χ1) is 8.15. The van der Waals surface area contributed by atoms with E-state index in [0.717, 1.165) is 6.42 Å². The van der Waals surface area contributed by atoms with Crippen LogP contribution in [0.3, 0.4) is 0 Å². The second-order valence-electron chi connectivity index (χ2n) is 5.30. The summed E-state index contributed by atoms with van der Waals surface area (Å²) in [5, 5.41) is 10.8. The van der Waals surface area contributed by atoms with Gasteiger partial charge in [0.05, 0.1) is 6.61 Å². The molecule has 2 unspecified atom stereocenters. The van der Waals surface area contributed by atoms with Gasteiger partial charge < -0.3 is 10.8 Å². The van der Waals surface area contributed by atoms with Crippen molar-refractivity contribution < 1.29 is 5.11 Å². The molecule has 2 aromatic rings. The van der Waals surface area contributed by atoms with Crippen molar-refractivity contribution >= 4 is 21.4 Å². The van der Waals surface area contributed by atoms with E-state index in [1.54, 1.807) is 0 Å². The Morgan fingerprint density at radius 1 is 1.41 bits per heavy atom. The average molecular weight is 247 g/mol. The van der Waals surface area contributed by atoms with Gasteiger partial charge in [-0.2, -0.15) is 0 Å². The maximum Gasteiger partial charge on any atom is 0.0508 e. The molecule has 0 aliphatic heterocycles. The number of rotatable bonds is 3. The van der Waals surface area contributed by atoms with Crippen LogP contribution < -0.4 is 5.73 Å².